The van der Waals surface area contributed by atoms with Gasteiger partial charge in [0.1, 0.15) is 6.61 Å². The van der Waals surface area contributed by atoms with Crippen LogP contribution in [-0.2, 0) is 10.3 Å². The molecule has 1 aliphatic rings. The highest BCUT2D eigenvalue weighted by Crippen LogP contribution is 2.41. The van der Waals surface area contributed by atoms with Gasteiger partial charge in [0.2, 0.25) is 0 Å². The van der Waals surface area contributed by atoms with E-state index >= 15 is 0 Å². The Hall–Kier alpha value is -1.95. The van der Waals surface area contributed by atoms with Crippen molar-refractivity contribution in [2.45, 2.75) is 52.0 Å². The molecule has 1 aliphatic carbocycles. The fourth-order valence-corrected chi connectivity index (χ4v) is 2.74. The molecule has 1 fully saturated rings. The van der Waals surface area contributed by atoms with Gasteiger partial charge in [0.05, 0.1) is 28.8 Å². The van der Waals surface area contributed by atoms with Gasteiger partial charge in [-0.2, -0.15) is 5.10 Å². The van der Waals surface area contributed by atoms with Crippen LogP contribution in [0, 0.1) is 6.92 Å². The van der Waals surface area contributed by atoms with Gasteiger partial charge in [-0.1, -0.05) is 0 Å². The van der Waals surface area contributed by atoms with Gasteiger partial charge >= 0.3 is 5.97 Å². The van der Waals surface area contributed by atoms with Crippen LogP contribution < -0.4 is 0 Å². The average Bonchev–Trinajstić information content (AvgIpc) is 3.27. The van der Waals surface area contributed by atoms with Crippen LogP contribution in [0.25, 0.3) is 11.0 Å². The number of rotatable bonds is 4. The Kier molecular flexibility index (Phi) is 3.88. The minimum atomic E-state index is -0.426. The molecule has 1 N–H and O–H groups in total. The van der Waals surface area contributed by atoms with E-state index in [0.717, 1.165) is 35.3 Å². The molecule has 6 nitrogen and oxygen atoms in total. The lowest BCUT2D eigenvalue weighted by atomic mass is 10.1. The molecule has 0 amide bonds. The van der Waals surface area contributed by atoms with Gasteiger partial charge in [0, 0.05) is 11.6 Å². The summed E-state index contributed by atoms with van der Waals surface area (Å²) < 4.78 is 7.02. The first-order valence-corrected chi connectivity index (χ1v) is 8.01. The number of aliphatic hydroxyl groups is 1. The summed E-state index contributed by atoms with van der Waals surface area (Å²) in [5.74, 6) is -0.00248. The predicted octanol–water partition coefficient (Wildman–Crippen LogP) is 2.52. The molecule has 0 saturated heterocycles. The molecular formula is C17H23N3O3. The summed E-state index contributed by atoms with van der Waals surface area (Å²) in [4.78, 5) is 17.2. The van der Waals surface area contributed by atoms with Crippen LogP contribution in [0.2, 0.25) is 0 Å². The summed E-state index contributed by atoms with van der Waals surface area (Å²) in [6, 6.07) is 1.83. The van der Waals surface area contributed by atoms with Gasteiger partial charge in [-0.15, -0.1) is 0 Å². The van der Waals surface area contributed by atoms with Crippen molar-refractivity contribution in [3.8, 4) is 0 Å². The number of hydrogen-bond donors (Lipinski definition) is 1. The largest absolute Gasteiger partial charge is 0.460 e. The van der Waals surface area contributed by atoms with E-state index in [1.165, 1.54) is 0 Å². The highest BCUT2D eigenvalue weighted by atomic mass is 16.5. The van der Waals surface area contributed by atoms with E-state index in [0.29, 0.717) is 11.5 Å². The number of nitrogens with zero attached hydrogens (tertiary/aromatic N) is 3. The van der Waals surface area contributed by atoms with E-state index in [1.807, 2.05) is 17.7 Å². The number of pyridine rings is 1. The Morgan fingerprint density at radius 3 is 2.70 bits per heavy atom. The van der Waals surface area contributed by atoms with Crippen LogP contribution in [-0.4, -0.2) is 39.1 Å². The third-order valence-corrected chi connectivity index (χ3v) is 4.01. The number of esters is 1. The fourth-order valence-electron chi connectivity index (χ4n) is 2.74. The van der Waals surface area contributed by atoms with E-state index in [2.05, 4.69) is 25.9 Å². The fraction of sp³-hybridized carbons (Fsp3) is 0.588. The average molecular weight is 317 g/mol. The quantitative estimate of drug-likeness (QED) is 0.877. The number of aromatic nitrogens is 3. The summed E-state index contributed by atoms with van der Waals surface area (Å²) in [6.07, 6.45) is 2.21. The standard InChI is InChI=1S/C17H23N3O3/c1-10-14-12(16(22)23-8-7-21)9-13(11-5-6-11)18-15(14)20(19-10)17(2,3)4/h9,11,21H,5-8H2,1-4H3. The molecule has 0 unspecified atom stereocenters. The lowest BCUT2D eigenvalue weighted by molar-refractivity contribution is 0.0435. The Bertz CT molecular complexity index is 755. The molecule has 0 aromatic carbocycles. The van der Waals surface area contributed by atoms with E-state index in [4.69, 9.17) is 14.8 Å². The van der Waals surface area contributed by atoms with Crippen molar-refractivity contribution in [1.29, 1.82) is 0 Å². The predicted molar refractivity (Wildman–Crippen MR) is 86.6 cm³/mol. The molecular weight excluding hydrogens is 294 g/mol. The lowest BCUT2D eigenvalue weighted by Crippen LogP contribution is -2.23. The third kappa shape index (κ3) is 2.95. The first kappa shape index (κ1) is 15.9. The number of carbonyl (C=O) groups excluding carboxylic acids is 1. The van der Waals surface area contributed by atoms with Gasteiger partial charge in [0.25, 0.3) is 0 Å². The van der Waals surface area contributed by atoms with Crippen molar-refractivity contribution in [2.24, 2.45) is 0 Å². The number of fused-ring (bicyclic) bond motifs is 1. The molecule has 0 atom stereocenters. The molecule has 1 saturated carbocycles. The molecule has 3 rings (SSSR count). The van der Waals surface area contributed by atoms with Crippen LogP contribution in [0.3, 0.4) is 0 Å². The normalized spacial score (nSPS) is 15.2. The Labute approximate surface area is 135 Å². The molecule has 2 aromatic rings. The number of ether oxygens (including phenoxy) is 1. The van der Waals surface area contributed by atoms with Gasteiger partial charge < -0.3 is 9.84 Å². The zero-order chi connectivity index (χ0) is 16.8. The molecule has 23 heavy (non-hydrogen) atoms. The van der Waals surface area contributed by atoms with Crippen molar-refractivity contribution < 1.29 is 14.6 Å². The van der Waals surface area contributed by atoms with Crippen LogP contribution in [0.5, 0.6) is 0 Å². The first-order valence-electron chi connectivity index (χ1n) is 8.01. The third-order valence-electron chi connectivity index (χ3n) is 4.01. The SMILES string of the molecule is Cc1nn(C(C)(C)C)c2nc(C3CC3)cc(C(=O)OCCO)c12. The molecule has 0 radical (unpaired) electrons. The monoisotopic (exact) mass is 317 g/mol. The maximum atomic E-state index is 12.4. The molecule has 2 aromatic heterocycles. The van der Waals surface area contributed by atoms with Gasteiger partial charge in [0.15, 0.2) is 5.65 Å². The van der Waals surface area contributed by atoms with Crippen molar-refractivity contribution >= 4 is 17.0 Å². The molecule has 6 heteroatoms. The minimum Gasteiger partial charge on any atom is -0.460 e. The van der Waals surface area contributed by atoms with Crippen LogP contribution in [0.1, 0.15) is 61.3 Å². The molecule has 0 aliphatic heterocycles. The summed E-state index contributed by atoms with van der Waals surface area (Å²) in [7, 11) is 0. The number of aliphatic hydroxyl groups excluding tert-OH is 1. The summed E-state index contributed by atoms with van der Waals surface area (Å²) in [5, 5.41) is 14.2. The van der Waals surface area contributed by atoms with Gasteiger partial charge in [-0.3, -0.25) is 0 Å². The van der Waals surface area contributed by atoms with Gasteiger partial charge in [-0.25, -0.2) is 14.5 Å². The summed E-state index contributed by atoms with van der Waals surface area (Å²) in [5.41, 5.74) is 2.70. The zero-order valence-corrected chi connectivity index (χ0v) is 14.1. The van der Waals surface area contributed by atoms with Crippen molar-refractivity contribution in [3.05, 3.63) is 23.0 Å². The van der Waals surface area contributed by atoms with E-state index in [-0.39, 0.29) is 18.8 Å². The van der Waals surface area contributed by atoms with Crippen LogP contribution in [0.4, 0.5) is 0 Å². The van der Waals surface area contributed by atoms with Crippen LogP contribution in [0.15, 0.2) is 6.07 Å². The van der Waals surface area contributed by atoms with Gasteiger partial charge in [-0.05, 0) is 46.6 Å². The molecule has 2 heterocycles. The van der Waals surface area contributed by atoms with Crippen molar-refractivity contribution in [3.63, 3.8) is 0 Å². The smallest absolute Gasteiger partial charge is 0.339 e. The molecule has 0 spiro atoms. The summed E-state index contributed by atoms with van der Waals surface area (Å²) >= 11 is 0. The van der Waals surface area contributed by atoms with E-state index in [1.54, 1.807) is 0 Å². The van der Waals surface area contributed by atoms with Crippen molar-refractivity contribution in [1.82, 2.24) is 14.8 Å². The second kappa shape index (κ2) is 5.60. The van der Waals surface area contributed by atoms with Crippen LogP contribution >= 0.6 is 0 Å². The Morgan fingerprint density at radius 1 is 1.43 bits per heavy atom. The van der Waals surface area contributed by atoms with E-state index in [9.17, 15) is 4.79 Å². The number of aryl methyl sites for hydroxylation is 1. The number of hydrogen-bond acceptors (Lipinski definition) is 5. The zero-order valence-electron chi connectivity index (χ0n) is 14.1. The molecule has 0 bridgehead atoms. The Morgan fingerprint density at radius 2 is 2.13 bits per heavy atom. The minimum absolute atomic E-state index is 0.00608. The first-order chi connectivity index (χ1) is 10.8. The molecule has 124 valence electrons. The maximum absolute atomic E-state index is 12.4. The maximum Gasteiger partial charge on any atom is 0.339 e. The summed E-state index contributed by atoms with van der Waals surface area (Å²) in [6.45, 7) is 7.88. The second-order valence-corrected chi connectivity index (χ2v) is 7.10. The lowest BCUT2D eigenvalue weighted by Gasteiger charge is -2.20. The highest BCUT2D eigenvalue weighted by molar-refractivity contribution is 6.04. The highest BCUT2D eigenvalue weighted by Gasteiger charge is 2.30. The topological polar surface area (TPSA) is 77.2 Å². The second-order valence-electron chi connectivity index (χ2n) is 7.10. The van der Waals surface area contributed by atoms with Crippen molar-refractivity contribution in [2.75, 3.05) is 13.2 Å². The Balaban J connectivity index is 2.21. The number of carbonyl (C=O) groups is 1. The van der Waals surface area contributed by atoms with E-state index < -0.39 is 5.97 Å².